The fraction of sp³-hybridized carbons (Fsp3) is 0.578. The van der Waals surface area contributed by atoms with E-state index in [0.717, 1.165) is 193 Å². The van der Waals surface area contributed by atoms with Crippen LogP contribution in [0, 0.1) is 0 Å². The van der Waals surface area contributed by atoms with Crippen LogP contribution in [-0.4, -0.2) is 95.9 Å². The Bertz CT molecular complexity index is 2620. The Balaban J connectivity index is 4.74. The number of hydrogen-bond acceptors (Lipinski definition) is 14. The number of esters is 3. The molecule has 0 fully saturated rings. The van der Waals surface area contributed by atoms with Gasteiger partial charge in [0.1, 0.15) is 25.4 Å². The van der Waals surface area contributed by atoms with Gasteiger partial charge in [-0.2, -0.15) is 0 Å². The highest BCUT2D eigenvalue weighted by Gasteiger charge is 2.29. The maximum atomic E-state index is 13.0. The highest BCUT2D eigenvalue weighted by molar-refractivity contribution is 7.47. The molecule has 0 spiro atoms. The van der Waals surface area contributed by atoms with Crippen LogP contribution in [0.5, 0.6) is 0 Å². The highest BCUT2D eigenvalue weighted by atomic mass is 31.2. The van der Waals surface area contributed by atoms with Gasteiger partial charge in [-0.1, -0.05) is 267 Å². The SMILES string of the molecule is CC/C=C\C/C=C\C/C=C\C/C=C\C/C=C\C/C=C\CCCCCCCCC(=O)OCC(O)COP(=O)(O)OCC(O)COP(=O)(O)OCC(COC(=O)CCCCCC/C=C\C/C=C\C/C=C\C/C=C\C/C=C\C/C=C\CC)OC(=O)CCCCCC/C=C\C/C=C\C/C=C\C/C=C\CC. The minimum absolute atomic E-state index is 0.0616. The van der Waals surface area contributed by atoms with Gasteiger partial charge in [0.15, 0.2) is 6.10 Å². The zero-order chi connectivity index (χ0) is 73.7. The number of carbonyl (C=O) groups excluding carboxylic acids is 3. The quantitative estimate of drug-likeness (QED) is 0.0146. The largest absolute Gasteiger partial charge is 0.472 e. The molecule has 0 aromatic carbocycles. The third kappa shape index (κ3) is 75.4. The molecule has 0 bridgehead atoms. The van der Waals surface area contributed by atoms with Crippen molar-refractivity contribution in [2.45, 2.75) is 270 Å². The summed E-state index contributed by atoms with van der Waals surface area (Å²) >= 11 is 0. The predicted molar refractivity (Wildman–Crippen MR) is 417 cm³/mol. The highest BCUT2D eigenvalue weighted by Crippen LogP contribution is 2.45. The van der Waals surface area contributed by atoms with Gasteiger partial charge in [-0.15, -0.1) is 0 Å². The Morgan fingerprint density at radius 2 is 0.495 bits per heavy atom. The molecule has 18 heteroatoms. The molecule has 5 atom stereocenters. The van der Waals surface area contributed by atoms with Gasteiger partial charge in [0, 0.05) is 19.3 Å². The fourth-order valence-electron chi connectivity index (χ4n) is 9.15. The summed E-state index contributed by atoms with van der Waals surface area (Å²) in [5.74, 6) is -1.66. The van der Waals surface area contributed by atoms with E-state index in [1.807, 2.05) is 0 Å². The van der Waals surface area contributed by atoms with E-state index in [-0.39, 0.29) is 19.3 Å². The van der Waals surface area contributed by atoms with Crippen molar-refractivity contribution < 1.29 is 75.8 Å². The van der Waals surface area contributed by atoms with Crippen LogP contribution in [0.3, 0.4) is 0 Å². The van der Waals surface area contributed by atoms with E-state index in [0.29, 0.717) is 19.3 Å². The normalized spacial score (nSPS) is 15.1. The lowest BCUT2D eigenvalue weighted by molar-refractivity contribution is -0.161. The molecule has 0 amide bonds. The summed E-state index contributed by atoms with van der Waals surface area (Å²) in [6.07, 6.45) is 96.1. The molecule has 0 rings (SSSR count). The maximum Gasteiger partial charge on any atom is 0.472 e. The Morgan fingerprint density at radius 3 is 0.782 bits per heavy atom. The van der Waals surface area contributed by atoms with E-state index >= 15 is 0 Å². The average Bonchev–Trinajstić information content (AvgIpc) is 0.946. The molecule has 0 heterocycles. The molecule has 0 aromatic rings. The third-order valence-electron chi connectivity index (χ3n) is 14.8. The number of unbranched alkanes of at least 4 members (excludes halogenated alkanes) is 14. The number of ether oxygens (including phenoxy) is 3. The number of aliphatic hydroxyl groups excluding tert-OH is 2. The molecule has 0 aliphatic carbocycles. The minimum atomic E-state index is -4.95. The molecular formula is C83H132O16P2. The summed E-state index contributed by atoms with van der Waals surface area (Å²) in [7, 11) is -9.83. The molecular weight excluding hydrogens is 1310 g/mol. The monoisotopic (exact) mass is 1450 g/mol. The first-order valence-corrected chi connectivity index (χ1v) is 40.7. The van der Waals surface area contributed by atoms with Crippen LogP contribution < -0.4 is 0 Å². The number of aliphatic hydroxyl groups is 2. The van der Waals surface area contributed by atoms with Crippen molar-refractivity contribution in [1.82, 2.24) is 0 Å². The van der Waals surface area contributed by atoms with Gasteiger partial charge in [-0.25, -0.2) is 9.13 Å². The van der Waals surface area contributed by atoms with E-state index in [9.17, 15) is 43.5 Å². The summed E-state index contributed by atoms with van der Waals surface area (Å²) in [5, 5.41) is 20.6. The van der Waals surface area contributed by atoms with E-state index in [4.69, 9.17) is 32.3 Å². The summed E-state index contributed by atoms with van der Waals surface area (Å²) in [6.45, 7) is 2.22. The molecule has 0 radical (unpaired) electrons. The summed E-state index contributed by atoms with van der Waals surface area (Å²) < 4.78 is 61.0. The number of rotatable bonds is 69. The average molecular weight is 1450 g/mol. The van der Waals surface area contributed by atoms with Crippen molar-refractivity contribution in [3.63, 3.8) is 0 Å². The van der Waals surface area contributed by atoms with Crippen molar-refractivity contribution in [2.24, 2.45) is 0 Å². The van der Waals surface area contributed by atoms with Gasteiger partial charge < -0.3 is 34.2 Å². The second-order valence-electron chi connectivity index (χ2n) is 24.3. The lowest BCUT2D eigenvalue weighted by Crippen LogP contribution is -2.30. The number of phosphoric acid groups is 2. The molecule has 0 aromatic heterocycles. The molecule has 570 valence electrons. The molecule has 0 aliphatic heterocycles. The van der Waals surface area contributed by atoms with Crippen molar-refractivity contribution in [1.29, 1.82) is 0 Å². The topological polar surface area (TPSA) is 231 Å². The molecule has 0 aliphatic rings. The molecule has 4 N–H and O–H groups in total. The van der Waals surface area contributed by atoms with Crippen LogP contribution in [-0.2, 0) is 55.8 Å². The smallest absolute Gasteiger partial charge is 0.463 e. The Morgan fingerprint density at radius 1 is 0.277 bits per heavy atom. The van der Waals surface area contributed by atoms with Gasteiger partial charge in [0.05, 0.1) is 26.4 Å². The van der Waals surface area contributed by atoms with Crippen molar-refractivity contribution >= 4 is 33.6 Å². The van der Waals surface area contributed by atoms with E-state index in [1.165, 1.54) is 0 Å². The standard InChI is InChI=1S/C83H132O16P2/c1-4-7-10-13-16-19-22-25-28-31-33-35-37-38-40-42-43-46-48-51-54-57-60-63-66-69-81(86)93-72-78(84)73-95-100(89,90)96-74-79(85)75-97-101(91,92)98-77-80(99-83(88)71-68-65-62-59-56-53-50-45-30-27-24-21-18-15-12-9-6-3)76-94-82(87)70-67-64-61-58-55-52-49-47-44-41-39-36-34-32-29-26-23-20-17-14-11-8-5-2/h7-12,16-21,25-30,33-36,38,40-41,43-44,46,49-50,52-53,78-80,84-85H,4-6,13-15,22-24,31-32,37,39,42,45,47-48,51,54-77H2,1-3H3,(H,89,90)(H,91,92)/b10-7-,11-8-,12-9-,19-16-,20-17-,21-18-,28-25-,29-26-,30-27-,35-33-,36-34-,40-38-,44-41-,46-43-,52-49-,53-50-. The second kappa shape index (κ2) is 74.1. The lowest BCUT2D eigenvalue weighted by atomic mass is 10.1. The van der Waals surface area contributed by atoms with Crippen molar-refractivity contribution in [3.05, 3.63) is 194 Å². The van der Waals surface area contributed by atoms with Crippen molar-refractivity contribution in [3.8, 4) is 0 Å². The van der Waals surface area contributed by atoms with Gasteiger partial charge in [0.25, 0.3) is 0 Å². The Hall–Kier alpha value is -5.61. The van der Waals surface area contributed by atoms with Crippen LogP contribution >= 0.6 is 15.6 Å². The first-order chi connectivity index (χ1) is 49.2. The molecule has 16 nitrogen and oxygen atoms in total. The zero-order valence-corrected chi connectivity index (χ0v) is 63.8. The number of hydrogen-bond donors (Lipinski definition) is 4. The first-order valence-electron chi connectivity index (χ1n) is 37.7. The van der Waals surface area contributed by atoms with Gasteiger partial charge in [-0.3, -0.25) is 32.5 Å². The lowest BCUT2D eigenvalue weighted by Gasteiger charge is -2.21. The van der Waals surface area contributed by atoms with E-state index in [1.54, 1.807) is 0 Å². The van der Waals surface area contributed by atoms with Gasteiger partial charge >= 0.3 is 33.6 Å². The van der Waals surface area contributed by atoms with Crippen LogP contribution in [0.2, 0.25) is 0 Å². The third-order valence-corrected chi connectivity index (χ3v) is 16.7. The maximum absolute atomic E-state index is 13.0. The Kier molecular flexibility index (Phi) is 70.0. The number of allylic oxidation sites excluding steroid dienone is 32. The summed E-state index contributed by atoms with van der Waals surface area (Å²) in [6, 6.07) is 0. The van der Waals surface area contributed by atoms with E-state index in [2.05, 4.69) is 215 Å². The van der Waals surface area contributed by atoms with Gasteiger partial charge in [-0.05, 0) is 161 Å². The first kappa shape index (κ1) is 95.4. The zero-order valence-electron chi connectivity index (χ0n) is 62.0. The summed E-state index contributed by atoms with van der Waals surface area (Å²) in [4.78, 5) is 58.6. The fourth-order valence-corrected chi connectivity index (χ4v) is 10.7. The molecule has 5 unspecified atom stereocenters. The van der Waals surface area contributed by atoms with Crippen molar-refractivity contribution in [2.75, 3.05) is 39.6 Å². The Labute approximate surface area is 610 Å². The number of phosphoric ester groups is 2. The number of carbonyl (C=O) groups is 3. The second-order valence-corrected chi connectivity index (χ2v) is 27.2. The van der Waals surface area contributed by atoms with Crippen LogP contribution in [0.25, 0.3) is 0 Å². The molecule has 0 saturated heterocycles. The van der Waals surface area contributed by atoms with Gasteiger partial charge in [0.2, 0.25) is 0 Å². The van der Waals surface area contributed by atoms with Crippen LogP contribution in [0.15, 0.2) is 194 Å². The van der Waals surface area contributed by atoms with E-state index < -0.39 is 91.5 Å². The van der Waals surface area contributed by atoms with Crippen LogP contribution in [0.4, 0.5) is 0 Å². The minimum Gasteiger partial charge on any atom is -0.463 e. The summed E-state index contributed by atoms with van der Waals surface area (Å²) in [5.41, 5.74) is 0. The predicted octanol–water partition coefficient (Wildman–Crippen LogP) is 22.0. The van der Waals surface area contributed by atoms with Crippen LogP contribution in [0.1, 0.15) is 252 Å². The molecule has 0 saturated carbocycles. The molecule has 101 heavy (non-hydrogen) atoms.